The molecule has 1 aliphatic heterocycles. The Hall–Kier alpha value is -3.98. The van der Waals surface area contributed by atoms with E-state index in [1.807, 2.05) is 55.1 Å². The molecule has 33 heavy (non-hydrogen) atoms. The number of morpholine rings is 1. The molecule has 0 amide bonds. The monoisotopic (exact) mass is 442 g/mol. The molecule has 0 atom stereocenters. The van der Waals surface area contributed by atoms with Gasteiger partial charge in [-0.15, -0.1) is 5.10 Å². The number of pyridine rings is 1. The van der Waals surface area contributed by atoms with Crippen LogP contribution in [0.2, 0.25) is 0 Å². The standard InChI is InChI=1S/C24H26N8O/c1-30(2)20-5-3-4-18(14-20)16-26-28-23-15-22(31-10-12-33-13-11-31)24-27-21(17-32(24)29-23)19-6-8-25-9-7-19/h3-9,14-17H,10-13H2,1-2H3,(H,28,29)/b26-16+. The van der Waals surface area contributed by atoms with Gasteiger partial charge in [0.2, 0.25) is 0 Å². The highest BCUT2D eigenvalue weighted by molar-refractivity contribution is 5.82. The number of hydrogen-bond acceptors (Lipinski definition) is 8. The minimum absolute atomic E-state index is 0.641. The van der Waals surface area contributed by atoms with E-state index in [2.05, 4.69) is 37.4 Å². The van der Waals surface area contributed by atoms with E-state index in [1.165, 1.54) is 0 Å². The largest absolute Gasteiger partial charge is 0.378 e. The van der Waals surface area contributed by atoms with Crippen LogP contribution in [0.25, 0.3) is 16.9 Å². The zero-order valence-electron chi connectivity index (χ0n) is 18.7. The van der Waals surface area contributed by atoms with E-state index >= 15 is 0 Å². The Morgan fingerprint density at radius 1 is 1.09 bits per heavy atom. The third-order valence-corrected chi connectivity index (χ3v) is 5.51. The number of anilines is 3. The van der Waals surface area contributed by atoms with Crippen LogP contribution >= 0.6 is 0 Å². The number of fused-ring (bicyclic) bond motifs is 1. The highest BCUT2D eigenvalue weighted by Gasteiger charge is 2.18. The summed E-state index contributed by atoms with van der Waals surface area (Å²) in [6.07, 6.45) is 7.26. The molecule has 1 aromatic carbocycles. The Bertz CT molecular complexity index is 1260. The van der Waals surface area contributed by atoms with Crippen LogP contribution in [0.5, 0.6) is 0 Å². The lowest BCUT2D eigenvalue weighted by Gasteiger charge is -2.29. The average molecular weight is 443 g/mol. The lowest BCUT2D eigenvalue weighted by atomic mass is 10.2. The summed E-state index contributed by atoms with van der Waals surface area (Å²) < 4.78 is 7.35. The van der Waals surface area contributed by atoms with Crippen LogP contribution in [0.15, 0.2) is 66.2 Å². The number of hydrogen-bond donors (Lipinski definition) is 1. The van der Waals surface area contributed by atoms with Crippen molar-refractivity contribution in [2.24, 2.45) is 5.10 Å². The minimum Gasteiger partial charge on any atom is -0.378 e. The summed E-state index contributed by atoms with van der Waals surface area (Å²) >= 11 is 0. The van der Waals surface area contributed by atoms with Crippen molar-refractivity contribution in [3.8, 4) is 11.3 Å². The Labute approximate surface area is 192 Å². The number of nitrogens with zero attached hydrogens (tertiary/aromatic N) is 7. The first-order valence-corrected chi connectivity index (χ1v) is 10.9. The Kier molecular flexibility index (Phi) is 5.86. The van der Waals surface area contributed by atoms with E-state index in [-0.39, 0.29) is 0 Å². The van der Waals surface area contributed by atoms with E-state index in [0.29, 0.717) is 19.0 Å². The van der Waals surface area contributed by atoms with Gasteiger partial charge in [-0.3, -0.25) is 10.4 Å². The van der Waals surface area contributed by atoms with Crippen LogP contribution in [-0.4, -0.2) is 66.2 Å². The van der Waals surface area contributed by atoms with Gasteiger partial charge in [0.05, 0.1) is 37.0 Å². The third kappa shape index (κ3) is 4.63. The molecule has 0 bridgehead atoms. The van der Waals surface area contributed by atoms with Gasteiger partial charge >= 0.3 is 0 Å². The summed E-state index contributed by atoms with van der Waals surface area (Å²) in [5, 5.41) is 9.13. The molecule has 0 saturated carbocycles. The van der Waals surface area contributed by atoms with Crippen molar-refractivity contribution in [1.82, 2.24) is 19.6 Å². The highest BCUT2D eigenvalue weighted by Crippen LogP contribution is 2.27. The Morgan fingerprint density at radius 3 is 2.70 bits per heavy atom. The van der Waals surface area contributed by atoms with Gasteiger partial charge in [0.1, 0.15) is 0 Å². The fourth-order valence-electron chi connectivity index (χ4n) is 3.77. The van der Waals surface area contributed by atoms with Crippen LogP contribution in [0, 0.1) is 0 Å². The van der Waals surface area contributed by atoms with Crippen LogP contribution in [-0.2, 0) is 4.74 Å². The quantitative estimate of drug-likeness (QED) is 0.363. The molecule has 4 heterocycles. The summed E-state index contributed by atoms with van der Waals surface area (Å²) in [5.41, 5.74) is 8.86. The predicted octanol–water partition coefficient (Wildman–Crippen LogP) is 3.14. The molecule has 1 fully saturated rings. The maximum Gasteiger partial charge on any atom is 0.177 e. The normalized spacial score (nSPS) is 14.2. The molecule has 9 nitrogen and oxygen atoms in total. The van der Waals surface area contributed by atoms with Crippen molar-refractivity contribution in [2.75, 3.05) is 55.6 Å². The van der Waals surface area contributed by atoms with Gasteiger partial charge in [-0.2, -0.15) is 5.10 Å². The van der Waals surface area contributed by atoms with Crippen molar-refractivity contribution >= 4 is 29.1 Å². The van der Waals surface area contributed by atoms with Gasteiger partial charge in [0.15, 0.2) is 11.5 Å². The first-order chi connectivity index (χ1) is 16.2. The van der Waals surface area contributed by atoms with E-state index < -0.39 is 0 Å². The van der Waals surface area contributed by atoms with Crippen LogP contribution < -0.4 is 15.2 Å². The van der Waals surface area contributed by atoms with Crippen molar-refractivity contribution in [2.45, 2.75) is 0 Å². The zero-order chi connectivity index (χ0) is 22.6. The van der Waals surface area contributed by atoms with Gasteiger partial charge in [-0.25, -0.2) is 9.50 Å². The summed E-state index contributed by atoms with van der Waals surface area (Å²) in [4.78, 5) is 13.3. The number of hydrazone groups is 1. The van der Waals surface area contributed by atoms with Crippen molar-refractivity contribution in [1.29, 1.82) is 0 Å². The number of imidazole rings is 1. The fourth-order valence-corrected chi connectivity index (χ4v) is 3.77. The molecule has 3 aromatic heterocycles. The van der Waals surface area contributed by atoms with Crippen LogP contribution in [0.4, 0.5) is 17.2 Å². The number of benzene rings is 1. The van der Waals surface area contributed by atoms with Gasteiger partial charge in [-0.05, 0) is 29.8 Å². The number of nitrogens with one attached hydrogen (secondary N) is 1. The number of rotatable bonds is 6. The van der Waals surface area contributed by atoms with Crippen molar-refractivity contribution in [3.63, 3.8) is 0 Å². The van der Waals surface area contributed by atoms with Crippen LogP contribution in [0.1, 0.15) is 5.56 Å². The smallest absolute Gasteiger partial charge is 0.177 e. The van der Waals surface area contributed by atoms with Gasteiger partial charge in [-0.1, -0.05) is 12.1 Å². The molecule has 9 heteroatoms. The van der Waals surface area contributed by atoms with E-state index in [9.17, 15) is 0 Å². The molecule has 168 valence electrons. The van der Waals surface area contributed by atoms with E-state index in [0.717, 1.165) is 46.9 Å². The minimum atomic E-state index is 0.641. The first kappa shape index (κ1) is 20.9. The molecule has 1 saturated heterocycles. The van der Waals surface area contributed by atoms with Gasteiger partial charge in [0.25, 0.3) is 0 Å². The summed E-state index contributed by atoms with van der Waals surface area (Å²) in [6.45, 7) is 2.99. The second-order valence-electron chi connectivity index (χ2n) is 8.00. The Balaban J connectivity index is 1.47. The molecule has 1 N–H and O–H groups in total. The summed E-state index contributed by atoms with van der Waals surface area (Å²) in [6, 6.07) is 14.1. The average Bonchev–Trinajstić information content (AvgIpc) is 3.29. The maximum atomic E-state index is 5.54. The fraction of sp³-hybridized carbons (Fsp3) is 0.250. The number of ether oxygens (including phenoxy) is 1. The maximum absolute atomic E-state index is 5.54. The lowest BCUT2D eigenvalue weighted by Crippen LogP contribution is -2.36. The lowest BCUT2D eigenvalue weighted by molar-refractivity contribution is 0.123. The molecule has 0 spiro atoms. The molecule has 0 aliphatic carbocycles. The second-order valence-corrected chi connectivity index (χ2v) is 8.00. The van der Waals surface area contributed by atoms with E-state index in [1.54, 1.807) is 18.6 Å². The first-order valence-electron chi connectivity index (χ1n) is 10.9. The van der Waals surface area contributed by atoms with Crippen LogP contribution in [0.3, 0.4) is 0 Å². The SMILES string of the molecule is CN(C)c1cccc(/C=N/Nc2cc(N3CCOCC3)c3nc(-c4ccncc4)cn3n2)c1. The summed E-state index contributed by atoms with van der Waals surface area (Å²) in [5.74, 6) is 0.641. The molecular formula is C24H26N8O. The Morgan fingerprint density at radius 2 is 1.91 bits per heavy atom. The highest BCUT2D eigenvalue weighted by atomic mass is 16.5. The molecule has 0 radical (unpaired) electrons. The molecule has 5 rings (SSSR count). The summed E-state index contributed by atoms with van der Waals surface area (Å²) in [7, 11) is 4.04. The topological polar surface area (TPSA) is 83.2 Å². The van der Waals surface area contributed by atoms with E-state index in [4.69, 9.17) is 14.8 Å². The van der Waals surface area contributed by atoms with Crippen molar-refractivity contribution in [3.05, 3.63) is 66.6 Å². The predicted molar refractivity (Wildman–Crippen MR) is 131 cm³/mol. The molecule has 4 aromatic rings. The van der Waals surface area contributed by atoms with Crippen molar-refractivity contribution < 1.29 is 4.74 Å². The zero-order valence-corrected chi connectivity index (χ0v) is 18.7. The third-order valence-electron chi connectivity index (χ3n) is 5.51. The molecular weight excluding hydrogens is 416 g/mol. The molecule has 1 aliphatic rings. The second kappa shape index (κ2) is 9.25. The van der Waals surface area contributed by atoms with Gasteiger partial charge < -0.3 is 14.5 Å². The van der Waals surface area contributed by atoms with Gasteiger partial charge in [0, 0.05) is 56.9 Å². The molecule has 0 unspecified atom stereocenters. The number of aromatic nitrogens is 4.